The van der Waals surface area contributed by atoms with Gasteiger partial charge in [-0.05, 0) is 29.0 Å². The van der Waals surface area contributed by atoms with E-state index >= 15 is 0 Å². The molecule has 1 aromatic rings. The van der Waals surface area contributed by atoms with Crippen molar-refractivity contribution in [1.29, 1.82) is 0 Å². The normalized spacial score (nSPS) is 25.6. The van der Waals surface area contributed by atoms with Crippen LogP contribution in [-0.4, -0.2) is 60.3 Å². The molecular formula is C12H17IN4O. The summed E-state index contributed by atoms with van der Waals surface area (Å²) in [6.45, 7) is 5.97. The summed E-state index contributed by atoms with van der Waals surface area (Å²) in [4.78, 5) is 13.6. The van der Waals surface area contributed by atoms with Gasteiger partial charge >= 0.3 is 0 Å². The number of halogens is 1. The smallest absolute Gasteiger partial charge is 0.225 e. The van der Waals surface area contributed by atoms with Gasteiger partial charge in [0.05, 0.1) is 13.2 Å². The first-order chi connectivity index (χ1) is 8.83. The summed E-state index contributed by atoms with van der Waals surface area (Å²) in [6, 6.07) is 0.636. The van der Waals surface area contributed by atoms with E-state index in [1.54, 1.807) is 0 Å². The third kappa shape index (κ3) is 2.75. The molecule has 2 aliphatic rings. The molecule has 0 spiro atoms. The third-order valence-electron chi connectivity index (χ3n) is 3.61. The van der Waals surface area contributed by atoms with Gasteiger partial charge in [-0.15, -0.1) is 0 Å². The highest BCUT2D eigenvalue weighted by Gasteiger charge is 2.29. The lowest BCUT2D eigenvalue weighted by atomic mass is 10.2. The van der Waals surface area contributed by atoms with Crippen LogP contribution in [0.15, 0.2) is 12.4 Å². The number of anilines is 1. The van der Waals surface area contributed by atoms with Gasteiger partial charge in [0.1, 0.15) is 0 Å². The van der Waals surface area contributed by atoms with E-state index in [9.17, 15) is 0 Å². The highest BCUT2D eigenvalue weighted by atomic mass is 127. The van der Waals surface area contributed by atoms with Gasteiger partial charge in [0.2, 0.25) is 5.95 Å². The zero-order valence-corrected chi connectivity index (χ0v) is 12.4. The van der Waals surface area contributed by atoms with Crippen molar-refractivity contribution in [3.63, 3.8) is 0 Å². The van der Waals surface area contributed by atoms with E-state index in [0.29, 0.717) is 6.04 Å². The topological polar surface area (TPSA) is 41.5 Å². The quantitative estimate of drug-likeness (QED) is 0.736. The Morgan fingerprint density at radius 1 is 1.17 bits per heavy atom. The summed E-state index contributed by atoms with van der Waals surface area (Å²) in [7, 11) is 0. The second-order valence-electron chi connectivity index (χ2n) is 4.74. The number of ether oxygens (including phenoxy) is 1. The Morgan fingerprint density at radius 2 is 1.89 bits per heavy atom. The summed E-state index contributed by atoms with van der Waals surface area (Å²) >= 11 is 2.23. The minimum atomic E-state index is 0.636. The fraction of sp³-hybridized carbons (Fsp3) is 0.667. The lowest BCUT2D eigenvalue weighted by molar-refractivity contribution is 0.0209. The van der Waals surface area contributed by atoms with Crippen LogP contribution in [0.5, 0.6) is 0 Å². The van der Waals surface area contributed by atoms with Gasteiger partial charge in [-0.2, -0.15) is 0 Å². The summed E-state index contributed by atoms with van der Waals surface area (Å²) in [6.07, 6.45) is 4.96. The number of hydrogen-bond acceptors (Lipinski definition) is 5. The van der Waals surface area contributed by atoms with Crippen LogP contribution < -0.4 is 4.90 Å². The lowest BCUT2D eigenvalue weighted by Crippen LogP contribution is -2.44. The van der Waals surface area contributed by atoms with Crippen LogP contribution >= 0.6 is 22.6 Å². The predicted octanol–water partition coefficient (Wildman–Crippen LogP) is 0.992. The van der Waals surface area contributed by atoms with E-state index in [0.717, 1.165) is 48.9 Å². The summed E-state index contributed by atoms with van der Waals surface area (Å²) in [5.41, 5.74) is 0. The van der Waals surface area contributed by atoms with E-state index < -0.39 is 0 Å². The van der Waals surface area contributed by atoms with Crippen LogP contribution in [0.25, 0.3) is 0 Å². The second-order valence-corrected chi connectivity index (χ2v) is 5.98. The molecule has 2 aliphatic heterocycles. The Morgan fingerprint density at radius 3 is 2.61 bits per heavy atom. The molecule has 3 rings (SSSR count). The third-order valence-corrected chi connectivity index (χ3v) is 4.17. The molecule has 0 saturated carbocycles. The fourth-order valence-corrected chi connectivity index (χ4v) is 2.91. The van der Waals surface area contributed by atoms with Gasteiger partial charge in [0, 0.05) is 48.2 Å². The first-order valence-corrected chi connectivity index (χ1v) is 7.45. The van der Waals surface area contributed by atoms with Crippen molar-refractivity contribution in [2.24, 2.45) is 0 Å². The molecule has 1 aromatic heterocycles. The van der Waals surface area contributed by atoms with Crippen molar-refractivity contribution in [3.8, 4) is 0 Å². The number of morpholine rings is 1. The predicted molar refractivity (Wildman–Crippen MR) is 77.8 cm³/mol. The molecule has 98 valence electrons. The maximum Gasteiger partial charge on any atom is 0.225 e. The number of nitrogens with zero attached hydrogens (tertiary/aromatic N) is 4. The van der Waals surface area contributed by atoms with Crippen molar-refractivity contribution in [3.05, 3.63) is 16.0 Å². The van der Waals surface area contributed by atoms with Gasteiger partial charge in [-0.3, -0.25) is 4.90 Å². The summed E-state index contributed by atoms with van der Waals surface area (Å²) in [5, 5.41) is 0. The lowest BCUT2D eigenvalue weighted by Gasteiger charge is -2.32. The number of rotatable bonds is 2. The Balaban J connectivity index is 1.62. The molecule has 0 aliphatic carbocycles. The Labute approximate surface area is 121 Å². The van der Waals surface area contributed by atoms with E-state index in [-0.39, 0.29) is 0 Å². The molecule has 5 nitrogen and oxygen atoms in total. The first-order valence-electron chi connectivity index (χ1n) is 6.37. The van der Waals surface area contributed by atoms with Gasteiger partial charge < -0.3 is 9.64 Å². The SMILES string of the molecule is Ic1cnc(N2CCC(N3CCOCC3)C2)nc1. The minimum absolute atomic E-state index is 0.636. The van der Waals surface area contributed by atoms with Crippen molar-refractivity contribution in [2.75, 3.05) is 44.3 Å². The van der Waals surface area contributed by atoms with Crippen LogP contribution in [0.1, 0.15) is 6.42 Å². The van der Waals surface area contributed by atoms with Crippen molar-refractivity contribution in [2.45, 2.75) is 12.5 Å². The fourth-order valence-electron chi connectivity index (χ4n) is 2.63. The van der Waals surface area contributed by atoms with Crippen molar-refractivity contribution < 1.29 is 4.74 Å². The van der Waals surface area contributed by atoms with Gasteiger partial charge in [0.15, 0.2) is 0 Å². The molecule has 1 unspecified atom stereocenters. The molecule has 2 saturated heterocycles. The molecule has 0 N–H and O–H groups in total. The van der Waals surface area contributed by atoms with E-state index in [1.807, 2.05) is 12.4 Å². The summed E-state index contributed by atoms with van der Waals surface area (Å²) in [5.74, 6) is 0.867. The van der Waals surface area contributed by atoms with E-state index in [4.69, 9.17) is 4.74 Å². The van der Waals surface area contributed by atoms with E-state index in [1.165, 1.54) is 6.42 Å². The Bertz CT molecular complexity index is 394. The zero-order valence-electron chi connectivity index (χ0n) is 10.3. The van der Waals surface area contributed by atoms with Gasteiger partial charge in [-0.25, -0.2) is 9.97 Å². The van der Waals surface area contributed by atoms with Gasteiger partial charge in [0.25, 0.3) is 0 Å². The van der Waals surface area contributed by atoms with Crippen LogP contribution in [0.2, 0.25) is 0 Å². The van der Waals surface area contributed by atoms with Crippen LogP contribution in [-0.2, 0) is 4.74 Å². The average molecular weight is 360 g/mol. The highest BCUT2D eigenvalue weighted by molar-refractivity contribution is 14.1. The number of aromatic nitrogens is 2. The Hall–Kier alpha value is -0.470. The maximum absolute atomic E-state index is 5.40. The molecule has 0 amide bonds. The molecule has 2 fully saturated rings. The van der Waals surface area contributed by atoms with Crippen LogP contribution in [0, 0.1) is 3.57 Å². The van der Waals surface area contributed by atoms with Crippen molar-refractivity contribution in [1.82, 2.24) is 14.9 Å². The summed E-state index contributed by atoms with van der Waals surface area (Å²) < 4.78 is 6.49. The van der Waals surface area contributed by atoms with Crippen molar-refractivity contribution >= 4 is 28.5 Å². The molecule has 0 aromatic carbocycles. The molecule has 18 heavy (non-hydrogen) atoms. The molecular weight excluding hydrogens is 343 g/mol. The molecule has 0 radical (unpaired) electrons. The molecule has 3 heterocycles. The first kappa shape index (κ1) is 12.6. The molecule has 1 atom stereocenters. The minimum Gasteiger partial charge on any atom is -0.379 e. The number of hydrogen-bond donors (Lipinski definition) is 0. The maximum atomic E-state index is 5.40. The largest absolute Gasteiger partial charge is 0.379 e. The highest BCUT2D eigenvalue weighted by Crippen LogP contribution is 2.20. The second kappa shape index (κ2) is 5.66. The Kier molecular flexibility index (Phi) is 3.95. The molecule has 0 bridgehead atoms. The van der Waals surface area contributed by atoms with Crippen LogP contribution in [0.3, 0.4) is 0 Å². The monoisotopic (exact) mass is 360 g/mol. The molecule has 6 heteroatoms. The van der Waals surface area contributed by atoms with E-state index in [2.05, 4.69) is 42.4 Å². The van der Waals surface area contributed by atoms with Crippen LogP contribution in [0.4, 0.5) is 5.95 Å². The zero-order chi connectivity index (χ0) is 12.4. The van der Waals surface area contributed by atoms with Gasteiger partial charge in [-0.1, -0.05) is 0 Å². The average Bonchev–Trinajstić information content (AvgIpc) is 2.90. The standard InChI is InChI=1S/C12H17IN4O/c13-10-7-14-12(15-8-10)17-2-1-11(9-17)16-3-5-18-6-4-16/h7-8,11H,1-6,9H2.